The normalized spacial score (nSPS) is 10.6. The molecule has 106 valence electrons. The zero-order valence-electron chi connectivity index (χ0n) is 11.1. The quantitative estimate of drug-likeness (QED) is 0.800. The lowest BCUT2D eigenvalue weighted by Gasteiger charge is -2.07. The Morgan fingerprint density at radius 1 is 1.10 bits per heavy atom. The molecule has 1 aromatic heterocycles. The van der Waals surface area contributed by atoms with E-state index in [0.717, 1.165) is 5.69 Å². The number of halogens is 1. The van der Waals surface area contributed by atoms with Crippen molar-refractivity contribution in [2.24, 2.45) is 5.73 Å². The maximum atomic E-state index is 13.8. The SMILES string of the molecule is NCc1cccc(F)c1Oc1ncn(-c2ccccc2)n1. The Morgan fingerprint density at radius 2 is 1.90 bits per heavy atom. The lowest BCUT2D eigenvalue weighted by Crippen LogP contribution is -2.02. The van der Waals surface area contributed by atoms with E-state index in [0.29, 0.717) is 5.56 Å². The summed E-state index contributed by atoms with van der Waals surface area (Å²) < 4.78 is 20.8. The van der Waals surface area contributed by atoms with Crippen LogP contribution in [0.25, 0.3) is 5.69 Å². The topological polar surface area (TPSA) is 66.0 Å². The fourth-order valence-electron chi connectivity index (χ4n) is 1.92. The Hall–Kier alpha value is -2.73. The van der Waals surface area contributed by atoms with Crippen molar-refractivity contribution in [3.63, 3.8) is 0 Å². The highest BCUT2D eigenvalue weighted by Gasteiger charge is 2.12. The van der Waals surface area contributed by atoms with Gasteiger partial charge in [0.1, 0.15) is 6.33 Å². The summed E-state index contributed by atoms with van der Waals surface area (Å²) in [6.07, 6.45) is 1.51. The summed E-state index contributed by atoms with van der Waals surface area (Å²) in [6, 6.07) is 14.1. The van der Waals surface area contributed by atoms with Gasteiger partial charge in [-0.2, -0.15) is 4.98 Å². The van der Waals surface area contributed by atoms with Crippen molar-refractivity contribution in [2.45, 2.75) is 6.54 Å². The van der Waals surface area contributed by atoms with Gasteiger partial charge < -0.3 is 10.5 Å². The minimum atomic E-state index is -0.492. The smallest absolute Gasteiger partial charge is 0.341 e. The van der Waals surface area contributed by atoms with Crippen LogP contribution in [0.2, 0.25) is 0 Å². The molecule has 0 fully saturated rings. The molecule has 6 heteroatoms. The predicted molar refractivity (Wildman–Crippen MR) is 75.7 cm³/mol. The molecule has 0 spiro atoms. The van der Waals surface area contributed by atoms with Gasteiger partial charge in [0.2, 0.25) is 0 Å². The van der Waals surface area contributed by atoms with Crippen LogP contribution in [0.1, 0.15) is 5.56 Å². The van der Waals surface area contributed by atoms with Crippen LogP contribution >= 0.6 is 0 Å². The summed E-state index contributed by atoms with van der Waals surface area (Å²) in [5.41, 5.74) is 6.98. The summed E-state index contributed by atoms with van der Waals surface area (Å²) in [7, 11) is 0. The Balaban J connectivity index is 1.89. The van der Waals surface area contributed by atoms with Gasteiger partial charge in [-0.05, 0) is 18.2 Å². The number of ether oxygens (including phenoxy) is 1. The summed E-state index contributed by atoms with van der Waals surface area (Å²) in [5.74, 6) is -0.431. The predicted octanol–water partition coefficient (Wildman–Crippen LogP) is 2.66. The van der Waals surface area contributed by atoms with Gasteiger partial charge in [0, 0.05) is 12.1 Å². The van der Waals surface area contributed by atoms with Gasteiger partial charge in [-0.3, -0.25) is 0 Å². The largest absolute Gasteiger partial charge is 0.420 e. The van der Waals surface area contributed by atoms with Crippen LogP contribution in [0.3, 0.4) is 0 Å². The van der Waals surface area contributed by atoms with E-state index in [4.69, 9.17) is 10.5 Å². The van der Waals surface area contributed by atoms with Crippen molar-refractivity contribution >= 4 is 0 Å². The minimum Gasteiger partial charge on any atom is -0.420 e. The van der Waals surface area contributed by atoms with Crippen LogP contribution in [0.5, 0.6) is 11.8 Å². The molecule has 5 nitrogen and oxygen atoms in total. The first-order chi connectivity index (χ1) is 10.3. The Labute approximate surface area is 120 Å². The molecule has 0 bridgehead atoms. The highest BCUT2D eigenvalue weighted by molar-refractivity contribution is 5.36. The zero-order chi connectivity index (χ0) is 14.7. The number of hydrogen-bond acceptors (Lipinski definition) is 4. The van der Waals surface area contributed by atoms with Gasteiger partial charge in [0.05, 0.1) is 5.69 Å². The summed E-state index contributed by atoms with van der Waals surface area (Å²) >= 11 is 0. The van der Waals surface area contributed by atoms with Crippen LogP contribution < -0.4 is 10.5 Å². The minimum absolute atomic E-state index is 0.0609. The molecule has 0 unspecified atom stereocenters. The maximum absolute atomic E-state index is 13.8. The third-order valence-corrected chi connectivity index (χ3v) is 2.95. The highest BCUT2D eigenvalue weighted by Crippen LogP contribution is 2.26. The van der Waals surface area contributed by atoms with Crippen molar-refractivity contribution in [1.82, 2.24) is 14.8 Å². The van der Waals surface area contributed by atoms with Gasteiger partial charge in [0.25, 0.3) is 0 Å². The molecule has 0 amide bonds. The van der Waals surface area contributed by atoms with Crippen LogP contribution in [-0.4, -0.2) is 14.8 Å². The van der Waals surface area contributed by atoms with Crippen molar-refractivity contribution in [2.75, 3.05) is 0 Å². The first kappa shape index (κ1) is 13.3. The van der Waals surface area contributed by atoms with Crippen LogP contribution in [0.4, 0.5) is 4.39 Å². The Morgan fingerprint density at radius 3 is 2.67 bits per heavy atom. The van der Waals surface area contributed by atoms with E-state index in [2.05, 4.69) is 10.1 Å². The summed E-state index contributed by atoms with van der Waals surface area (Å²) in [6.45, 7) is 0.173. The van der Waals surface area contributed by atoms with Gasteiger partial charge in [-0.15, -0.1) is 5.10 Å². The zero-order valence-corrected chi connectivity index (χ0v) is 11.1. The molecule has 1 heterocycles. The number of hydrogen-bond donors (Lipinski definition) is 1. The molecule has 3 aromatic rings. The van der Waals surface area contributed by atoms with Gasteiger partial charge in [0.15, 0.2) is 11.6 Å². The molecule has 0 atom stereocenters. The second-order valence-electron chi connectivity index (χ2n) is 4.34. The van der Waals surface area contributed by atoms with Crippen LogP contribution in [0, 0.1) is 5.82 Å². The number of aromatic nitrogens is 3. The molecule has 0 aliphatic rings. The average molecular weight is 284 g/mol. The van der Waals surface area contributed by atoms with E-state index in [1.54, 1.807) is 16.8 Å². The molecule has 2 N–H and O–H groups in total. The molecule has 0 saturated carbocycles. The summed E-state index contributed by atoms with van der Waals surface area (Å²) in [5, 5.41) is 4.17. The number of para-hydroxylation sites is 2. The molecular weight excluding hydrogens is 271 g/mol. The number of nitrogens with two attached hydrogens (primary N) is 1. The molecule has 21 heavy (non-hydrogen) atoms. The lowest BCUT2D eigenvalue weighted by atomic mass is 10.2. The van der Waals surface area contributed by atoms with E-state index in [9.17, 15) is 4.39 Å². The Kier molecular flexibility index (Phi) is 3.61. The monoisotopic (exact) mass is 284 g/mol. The number of rotatable bonds is 4. The molecule has 0 aliphatic carbocycles. The van der Waals surface area contributed by atoms with E-state index < -0.39 is 5.82 Å². The van der Waals surface area contributed by atoms with Gasteiger partial charge in [-0.1, -0.05) is 30.3 Å². The van der Waals surface area contributed by atoms with Crippen LogP contribution in [-0.2, 0) is 6.54 Å². The van der Waals surface area contributed by atoms with E-state index in [1.165, 1.54) is 12.4 Å². The maximum Gasteiger partial charge on any atom is 0.341 e. The molecule has 0 saturated heterocycles. The van der Waals surface area contributed by atoms with Crippen molar-refractivity contribution in [1.29, 1.82) is 0 Å². The average Bonchev–Trinajstić information content (AvgIpc) is 2.99. The Bertz CT molecular complexity index is 742. The van der Waals surface area contributed by atoms with Gasteiger partial charge >= 0.3 is 6.01 Å². The third kappa shape index (κ3) is 2.75. The standard InChI is InChI=1S/C15H13FN4O/c16-13-8-4-5-11(9-17)14(13)21-15-18-10-20(19-15)12-6-2-1-3-7-12/h1-8,10H,9,17H2. The van der Waals surface area contributed by atoms with E-state index in [1.807, 2.05) is 30.3 Å². The third-order valence-electron chi connectivity index (χ3n) is 2.95. The molecule has 0 radical (unpaired) electrons. The van der Waals surface area contributed by atoms with E-state index in [-0.39, 0.29) is 18.3 Å². The first-order valence-corrected chi connectivity index (χ1v) is 6.40. The van der Waals surface area contributed by atoms with Gasteiger partial charge in [-0.25, -0.2) is 9.07 Å². The number of nitrogens with zero attached hydrogens (tertiary/aromatic N) is 3. The van der Waals surface area contributed by atoms with Crippen molar-refractivity contribution < 1.29 is 9.13 Å². The molecular formula is C15H13FN4O. The molecule has 3 rings (SSSR count). The van der Waals surface area contributed by atoms with Crippen molar-refractivity contribution in [3.8, 4) is 17.4 Å². The second-order valence-corrected chi connectivity index (χ2v) is 4.34. The summed E-state index contributed by atoms with van der Waals surface area (Å²) in [4.78, 5) is 4.03. The second kappa shape index (κ2) is 5.72. The molecule has 2 aromatic carbocycles. The fraction of sp³-hybridized carbons (Fsp3) is 0.0667. The van der Waals surface area contributed by atoms with Crippen molar-refractivity contribution in [3.05, 3.63) is 66.2 Å². The number of benzene rings is 2. The van der Waals surface area contributed by atoms with E-state index >= 15 is 0 Å². The first-order valence-electron chi connectivity index (χ1n) is 6.40. The highest BCUT2D eigenvalue weighted by atomic mass is 19.1. The fourth-order valence-corrected chi connectivity index (χ4v) is 1.92. The molecule has 0 aliphatic heterocycles. The van der Waals surface area contributed by atoms with Crippen LogP contribution in [0.15, 0.2) is 54.9 Å². The lowest BCUT2D eigenvalue weighted by molar-refractivity contribution is 0.406.